The molecule has 3 nitrogen and oxygen atoms in total. The van der Waals surface area contributed by atoms with E-state index in [2.05, 4.69) is 5.32 Å². The van der Waals surface area contributed by atoms with Gasteiger partial charge in [-0.3, -0.25) is 4.79 Å². The van der Waals surface area contributed by atoms with Gasteiger partial charge in [-0.25, -0.2) is 4.39 Å². The number of hydrogen-bond acceptors (Lipinski definition) is 3. The maximum absolute atomic E-state index is 13.1. The van der Waals surface area contributed by atoms with Crippen molar-refractivity contribution in [2.75, 3.05) is 17.7 Å². The molecule has 120 valence electrons. The smallest absolute Gasteiger partial charge is 0.224 e. The molecule has 0 saturated heterocycles. The molecule has 1 N–H and O–H groups in total. The van der Waals surface area contributed by atoms with Gasteiger partial charge in [-0.1, -0.05) is 12.1 Å². The van der Waals surface area contributed by atoms with Crippen LogP contribution in [0.25, 0.3) is 0 Å². The average molecular weight is 331 g/mol. The molecule has 1 aliphatic heterocycles. The molecule has 2 aromatic carbocycles. The molecule has 23 heavy (non-hydrogen) atoms. The molecule has 2 aromatic rings. The predicted molar refractivity (Wildman–Crippen MR) is 91.4 cm³/mol. The number of anilines is 1. The summed E-state index contributed by atoms with van der Waals surface area (Å²) in [5.41, 5.74) is 2.99. The van der Waals surface area contributed by atoms with E-state index in [9.17, 15) is 9.18 Å². The van der Waals surface area contributed by atoms with Crippen molar-refractivity contribution in [1.82, 2.24) is 0 Å². The van der Waals surface area contributed by atoms with Gasteiger partial charge in [0.1, 0.15) is 11.6 Å². The van der Waals surface area contributed by atoms with Gasteiger partial charge in [0.15, 0.2) is 0 Å². The molecule has 0 spiro atoms. The van der Waals surface area contributed by atoms with Gasteiger partial charge in [-0.05, 0) is 47.9 Å². The number of thioether (sulfide) groups is 1. The molecule has 0 fully saturated rings. The van der Waals surface area contributed by atoms with Crippen LogP contribution >= 0.6 is 11.8 Å². The van der Waals surface area contributed by atoms with Crippen molar-refractivity contribution < 1.29 is 13.9 Å². The van der Waals surface area contributed by atoms with Crippen molar-refractivity contribution in [3.63, 3.8) is 0 Å². The molecular formula is C18H18FNO2S. The maximum Gasteiger partial charge on any atom is 0.224 e. The second kappa shape index (κ2) is 7.51. The van der Waals surface area contributed by atoms with E-state index in [1.165, 1.54) is 6.07 Å². The molecule has 1 amide bonds. The van der Waals surface area contributed by atoms with Gasteiger partial charge in [0, 0.05) is 23.6 Å². The van der Waals surface area contributed by atoms with Gasteiger partial charge >= 0.3 is 0 Å². The highest BCUT2D eigenvalue weighted by atomic mass is 32.2. The Kier molecular flexibility index (Phi) is 5.18. The molecule has 0 aromatic heterocycles. The number of aryl methyl sites for hydroxylation is 1. The van der Waals surface area contributed by atoms with Crippen LogP contribution in [-0.4, -0.2) is 18.3 Å². The van der Waals surface area contributed by atoms with Crippen molar-refractivity contribution in [3.05, 3.63) is 59.4 Å². The Morgan fingerprint density at radius 3 is 2.96 bits per heavy atom. The zero-order valence-electron chi connectivity index (χ0n) is 12.7. The van der Waals surface area contributed by atoms with Gasteiger partial charge in [0.2, 0.25) is 5.91 Å². The lowest BCUT2D eigenvalue weighted by Crippen LogP contribution is -2.18. The van der Waals surface area contributed by atoms with E-state index in [0.717, 1.165) is 40.5 Å². The van der Waals surface area contributed by atoms with Gasteiger partial charge < -0.3 is 10.1 Å². The second-order valence-corrected chi connectivity index (χ2v) is 6.50. The fourth-order valence-electron chi connectivity index (χ4n) is 2.48. The van der Waals surface area contributed by atoms with Crippen LogP contribution in [0.5, 0.6) is 5.75 Å². The molecule has 0 unspecified atom stereocenters. The van der Waals surface area contributed by atoms with Gasteiger partial charge in [-0.15, -0.1) is 0 Å². The van der Waals surface area contributed by atoms with E-state index in [1.54, 1.807) is 23.9 Å². The van der Waals surface area contributed by atoms with E-state index in [4.69, 9.17) is 4.74 Å². The van der Waals surface area contributed by atoms with E-state index in [0.29, 0.717) is 13.0 Å². The minimum Gasteiger partial charge on any atom is -0.493 e. The molecule has 1 aliphatic rings. The quantitative estimate of drug-likeness (QED) is 0.813. The number of carbonyl (C=O) groups is 1. The number of benzene rings is 2. The molecule has 0 radical (unpaired) electrons. The first-order valence-electron chi connectivity index (χ1n) is 7.58. The number of ether oxygens (including phenoxy) is 1. The second-order valence-electron chi connectivity index (χ2n) is 5.40. The third-order valence-electron chi connectivity index (χ3n) is 3.63. The van der Waals surface area contributed by atoms with E-state index < -0.39 is 0 Å². The normalized spacial score (nSPS) is 13.3. The molecule has 0 bridgehead atoms. The highest BCUT2D eigenvalue weighted by molar-refractivity contribution is 7.98. The summed E-state index contributed by atoms with van der Waals surface area (Å²) >= 11 is 1.71. The van der Waals surface area contributed by atoms with Crippen molar-refractivity contribution in [2.45, 2.75) is 18.6 Å². The highest BCUT2D eigenvalue weighted by Crippen LogP contribution is 2.27. The Labute approximate surface area is 139 Å². The number of amides is 1. The number of halogens is 1. The van der Waals surface area contributed by atoms with Crippen LogP contribution in [0.2, 0.25) is 0 Å². The SMILES string of the molecule is O=C1CCc2cc(OCCSCc3cccc(F)c3)ccc2N1. The molecule has 1 heterocycles. The Balaban J connectivity index is 1.43. The van der Waals surface area contributed by atoms with E-state index in [1.807, 2.05) is 24.3 Å². The predicted octanol–water partition coefficient (Wildman–Crippen LogP) is 4.02. The van der Waals surface area contributed by atoms with E-state index >= 15 is 0 Å². The standard InChI is InChI=1S/C18H18FNO2S/c19-15-3-1-2-13(10-15)12-23-9-8-22-16-5-6-17-14(11-16)4-7-18(21)20-17/h1-3,5-6,10-11H,4,7-9,12H2,(H,20,21). The largest absolute Gasteiger partial charge is 0.493 e. The third-order valence-corrected chi connectivity index (χ3v) is 4.62. The molecule has 0 aliphatic carbocycles. The monoisotopic (exact) mass is 331 g/mol. The zero-order chi connectivity index (χ0) is 16.1. The Bertz CT molecular complexity index is 705. The first kappa shape index (κ1) is 15.9. The summed E-state index contributed by atoms with van der Waals surface area (Å²) in [6.07, 6.45) is 1.28. The van der Waals surface area contributed by atoms with Gasteiger partial charge in [0.25, 0.3) is 0 Å². The van der Waals surface area contributed by atoms with Crippen molar-refractivity contribution >= 4 is 23.4 Å². The number of nitrogens with one attached hydrogen (secondary N) is 1. The van der Waals surface area contributed by atoms with Crippen LogP contribution in [0.1, 0.15) is 17.5 Å². The van der Waals surface area contributed by atoms with Crippen LogP contribution in [0.3, 0.4) is 0 Å². The molecule has 3 rings (SSSR count). The fraction of sp³-hybridized carbons (Fsp3) is 0.278. The Hall–Kier alpha value is -2.01. The van der Waals surface area contributed by atoms with Gasteiger partial charge in [-0.2, -0.15) is 11.8 Å². The van der Waals surface area contributed by atoms with Crippen molar-refractivity contribution in [3.8, 4) is 5.75 Å². The zero-order valence-corrected chi connectivity index (χ0v) is 13.5. The fourth-order valence-corrected chi connectivity index (χ4v) is 3.25. The van der Waals surface area contributed by atoms with Crippen LogP contribution in [-0.2, 0) is 17.0 Å². The summed E-state index contributed by atoms with van der Waals surface area (Å²) in [6.45, 7) is 0.602. The molecule has 0 saturated carbocycles. The summed E-state index contributed by atoms with van der Waals surface area (Å²) in [5, 5.41) is 2.86. The highest BCUT2D eigenvalue weighted by Gasteiger charge is 2.14. The van der Waals surface area contributed by atoms with Crippen LogP contribution in [0.15, 0.2) is 42.5 Å². The lowest BCUT2D eigenvalue weighted by atomic mass is 10.0. The molecule has 0 atom stereocenters. The average Bonchev–Trinajstić information content (AvgIpc) is 2.54. The molecular weight excluding hydrogens is 313 g/mol. The first-order chi connectivity index (χ1) is 11.2. The maximum atomic E-state index is 13.1. The minimum absolute atomic E-state index is 0.0694. The Morgan fingerprint density at radius 2 is 2.09 bits per heavy atom. The minimum atomic E-state index is -0.194. The molecule has 5 heteroatoms. The number of rotatable bonds is 6. The summed E-state index contributed by atoms with van der Waals surface area (Å²) in [6, 6.07) is 12.4. The first-order valence-corrected chi connectivity index (χ1v) is 8.74. The number of carbonyl (C=O) groups excluding carboxylic acids is 1. The van der Waals surface area contributed by atoms with Crippen LogP contribution < -0.4 is 10.1 Å². The summed E-state index contributed by atoms with van der Waals surface area (Å²) in [7, 11) is 0. The lowest BCUT2D eigenvalue weighted by molar-refractivity contribution is -0.116. The van der Waals surface area contributed by atoms with Crippen LogP contribution in [0.4, 0.5) is 10.1 Å². The number of fused-ring (bicyclic) bond motifs is 1. The summed E-state index contributed by atoms with van der Waals surface area (Å²) in [5.74, 6) is 2.31. The topological polar surface area (TPSA) is 38.3 Å². The van der Waals surface area contributed by atoms with Gasteiger partial charge in [0.05, 0.1) is 6.61 Å². The van der Waals surface area contributed by atoms with Crippen molar-refractivity contribution in [1.29, 1.82) is 0 Å². The lowest BCUT2D eigenvalue weighted by Gasteiger charge is -2.17. The number of hydrogen-bond donors (Lipinski definition) is 1. The van der Waals surface area contributed by atoms with E-state index in [-0.39, 0.29) is 11.7 Å². The summed E-state index contributed by atoms with van der Waals surface area (Å²) < 4.78 is 18.8. The third kappa shape index (κ3) is 4.48. The van der Waals surface area contributed by atoms with Crippen LogP contribution in [0, 0.1) is 5.82 Å². The van der Waals surface area contributed by atoms with Crippen molar-refractivity contribution in [2.24, 2.45) is 0 Å². The Morgan fingerprint density at radius 1 is 1.17 bits per heavy atom. The summed E-state index contributed by atoms with van der Waals surface area (Å²) in [4.78, 5) is 11.3.